The predicted octanol–water partition coefficient (Wildman–Crippen LogP) is 6.16. The van der Waals surface area contributed by atoms with Gasteiger partial charge < -0.3 is 4.90 Å². The fourth-order valence-electron chi connectivity index (χ4n) is 1.95. The highest BCUT2D eigenvalue weighted by Crippen LogP contribution is 2.27. The molecule has 0 N–H and O–H groups in total. The second-order valence-corrected chi connectivity index (χ2v) is 6.35. The summed E-state index contributed by atoms with van der Waals surface area (Å²) in [7, 11) is 0. The molecule has 0 aliphatic carbocycles. The van der Waals surface area contributed by atoms with Gasteiger partial charge in [-0.2, -0.15) is 0 Å². The van der Waals surface area contributed by atoms with Crippen LogP contribution >= 0.6 is 23.2 Å². The van der Waals surface area contributed by atoms with Crippen molar-refractivity contribution < 1.29 is 0 Å². The first-order chi connectivity index (χ1) is 9.38. The molecule has 1 atom stereocenters. The van der Waals surface area contributed by atoms with Crippen LogP contribution in [-0.4, -0.2) is 18.0 Å². The van der Waals surface area contributed by atoms with Crippen LogP contribution in [0.2, 0.25) is 0 Å². The first-order valence-electron chi connectivity index (χ1n) is 7.48. The van der Waals surface area contributed by atoms with Crippen molar-refractivity contribution in [2.75, 3.05) is 13.1 Å². The molecule has 0 heterocycles. The molecule has 0 aliphatic heterocycles. The van der Waals surface area contributed by atoms with Gasteiger partial charge in [-0.15, -0.1) is 0 Å². The van der Waals surface area contributed by atoms with Crippen molar-refractivity contribution in [3.05, 3.63) is 34.5 Å². The first-order valence-corrected chi connectivity index (χ1v) is 8.23. The Morgan fingerprint density at radius 3 is 2.20 bits per heavy atom. The summed E-state index contributed by atoms with van der Waals surface area (Å²) in [4.78, 5) is 2.28. The van der Waals surface area contributed by atoms with Crippen molar-refractivity contribution >= 4 is 23.2 Å². The van der Waals surface area contributed by atoms with Gasteiger partial charge in [0.05, 0.1) is 15.8 Å². The van der Waals surface area contributed by atoms with Crippen molar-refractivity contribution in [3.63, 3.8) is 0 Å². The van der Waals surface area contributed by atoms with E-state index in [1.54, 1.807) is 6.08 Å². The van der Waals surface area contributed by atoms with Crippen molar-refractivity contribution in [2.45, 2.75) is 47.5 Å². The molecule has 0 aromatic carbocycles. The summed E-state index contributed by atoms with van der Waals surface area (Å²) < 4.78 is 0. The number of rotatable bonds is 9. The van der Waals surface area contributed by atoms with E-state index in [0.29, 0.717) is 21.9 Å². The minimum atomic E-state index is 0.624. The van der Waals surface area contributed by atoms with Crippen LogP contribution < -0.4 is 0 Å². The van der Waals surface area contributed by atoms with Gasteiger partial charge in [0.25, 0.3) is 0 Å². The van der Waals surface area contributed by atoms with E-state index in [4.69, 9.17) is 23.2 Å². The smallest absolute Gasteiger partial charge is 0.0741 e. The minimum Gasteiger partial charge on any atom is -0.369 e. The maximum Gasteiger partial charge on any atom is 0.0741 e. The van der Waals surface area contributed by atoms with Gasteiger partial charge >= 0.3 is 0 Å². The van der Waals surface area contributed by atoms with E-state index in [2.05, 4.69) is 39.2 Å². The lowest BCUT2D eigenvalue weighted by Crippen LogP contribution is -2.28. The molecule has 0 saturated heterocycles. The predicted molar refractivity (Wildman–Crippen MR) is 93.2 cm³/mol. The Hall–Kier alpha value is -0.400. The molecule has 0 aliphatic rings. The highest BCUT2D eigenvalue weighted by molar-refractivity contribution is 6.36. The van der Waals surface area contributed by atoms with Gasteiger partial charge in [-0.1, -0.05) is 63.6 Å². The maximum absolute atomic E-state index is 6.34. The zero-order valence-corrected chi connectivity index (χ0v) is 15.1. The van der Waals surface area contributed by atoms with Crippen molar-refractivity contribution in [2.24, 2.45) is 11.8 Å². The Balaban J connectivity index is 5.16. The Morgan fingerprint density at radius 1 is 1.20 bits per heavy atom. The number of hydrogen-bond donors (Lipinski definition) is 0. The molecule has 0 bridgehead atoms. The van der Waals surface area contributed by atoms with Crippen molar-refractivity contribution in [1.82, 2.24) is 4.90 Å². The molecule has 0 rings (SSSR count). The summed E-state index contributed by atoms with van der Waals surface area (Å²) in [6.45, 7) is 16.6. The fraction of sp³-hybridized carbons (Fsp3) is 0.647. The van der Waals surface area contributed by atoms with Gasteiger partial charge in [0, 0.05) is 13.1 Å². The van der Waals surface area contributed by atoms with Crippen LogP contribution in [0.3, 0.4) is 0 Å². The Morgan fingerprint density at radius 2 is 1.80 bits per heavy atom. The molecule has 0 aromatic heterocycles. The molecular formula is C17H29Cl2N. The summed E-state index contributed by atoms with van der Waals surface area (Å²) in [5.74, 6) is 1.38. The fourth-order valence-corrected chi connectivity index (χ4v) is 2.44. The van der Waals surface area contributed by atoms with E-state index in [-0.39, 0.29) is 0 Å². The molecule has 1 unspecified atom stereocenters. The van der Waals surface area contributed by atoms with Gasteiger partial charge in [0.15, 0.2) is 0 Å². The van der Waals surface area contributed by atoms with E-state index >= 15 is 0 Å². The summed E-state index contributed by atoms with van der Waals surface area (Å²) >= 11 is 12.7. The van der Waals surface area contributed by atoms with Crippen LogP contribution in [0, 0.1) is 11.8 Å². The van der Waals surface area contributed by atoms with Gasteiger partial charge in [0.1, 0.15) is 0 Å². The quantitative estimate of drug-likeness (QED) is 0.460. The lowest BCUT2D eigenvalue weighted by atomic mass is 9.94. The van der Waals surface area contributed by atoms with Crippen LogP contribution in [0.4, 0.5) is 0 Å². The Kier molecular flexibility index (Phi) is 10.1. The van der Waals surface area contributed by atoms with Crippen LogP contribution in [0.1, 0.15) is 47.5 Å². The van der Waals surface area contributed by atoms with Gasteiger partial charge in [-0.05, 0) is 37.7 Å². The lowest BCUT2D eigenvalue weighted by molar-refractivity contribution is 0.291. The van der Waals surface area contributed by atoms with Crippen LogP contribution in [0.25, 0.3) is 0 Å². The molecule has 20 heavy (non-hydrogen) atoms. The summed E-state index contributed by atoms with van der Waals surface area (Å²) in [5.41, 5.74) is 0.906. The summed E-state index contributed by atoms with van der Waals surface area (Å²) in [6, 6.07) is 0. The SMILES string of the molecule is C=C/C(Cl)=C(\C(Cl)=C/C)N(CCC)CCC(C)C(C)C. The number of allylic oxidation sites excluding steroid dienone is 4. The second kappa shape index (κ2) is 10.3. The standard InChI is InChI=1S/C17H29Cl2N/c1-7-11-20(12-10-14(6)13(4)5)17(15(18)8-2)16(19)9-3/h8-9,13-14H,2,7,10-12H2,1,3-6H3/b16-9+,17-15-. The molecule has 3 heteroatoms. The first kappa shape index (κ1) is 19.6. The Labute approximate surface area is 135 Å². The lowest BCUT2D eigenvalue weighted by Gasteiger charge is -2.29. The van der Waals surface area contributed by atoms with Gasteiger partial charge in [0.2, 0.25) is 0 Å². The average molecular weight is 318 g/mol. The molecule has 116 valence electrons. The van der Waals surface area contributed by atoms with Gasteiger partial charge in [-0.25, -0.2) is 0 Å². The van der Waals surface area contributed by atoms with E-state index in [0.717, 1.165) is 31.6 Å². The summed E-state index contributed by atoms with van der Waals surface area (Å²) in [5, 5.41) is 1.32. The monoisotopic (exact) mass is 317 g/mol. The van der Waals surface area contributed by atoms with Crippen LogP contribution in [0.5, 0.6) is 0 Å². The van der Waals surface area contributed by atoms with Gasteiger partial charge in [-0.3, -0.25) is 0 Å². The van der Waals surface area contributed by atoms with Crippen molar-refractivity contribution in [3.8, 4) is 0 Å². The highest BCUT2D eigenvalue weighted by Gasteiger charge is 2.17. The third kappa shape index (κ3) is 6.37. The van der Waals surface area contributed by atoms with E-state index < -0.39 is 0 Å². The highest BCUT2D eigenvalue weighted by atomic mass is 35.5. The molecule has 0 radical (unpaired) electrons. The molecular weight excluding hydrogens is 289 g/mol. The molecule has 0 fully saturated rings. The van der Waals surface area contributed by atoms with E-state index in [1.165, 1.54) is 0 Å². The number of nitrogens with zero attached hydrogens (tertiary/aromatic N) is 1. The molecule has 0 spiro atoms. The molecule has 0 aromatic rings. The zero-order chi connectivity index (χ0) is 15.7. The minimum absolute atomic E-state index is 0.624. The zero-order valence-electron chi connectivity index (χ0n) is 13.5. The number of hydrogen-bond acceptors (Lipinski definition) is 1. The van der Waals surface area contributed by atoms with E-state index in [1.807, 2.05) is 13.0 Å². The third-order valence-corrected chi connectivity index (χ3v) is 4.42. The van der Waals surface area contributed by atoms with Crippen LogP contribution in [-0.2, 0) is 0 Å². The molecule has 0 amide bonds. The maximum atomic E-state index is 6.34. The third-order valence-electron chi connectivity index (χ3n) is 3.69. The Bertz CT molecular complexity index is 356. The number of halogens is 2. The molecule has 0 saturated carbocycles. The van der Waals surface area contributed by atoms with Crippen LogP contribution in [0.15, 0.2) is 34.5 Å². The second-order valence-electron chi connectivity index (χ2n) is 5.53. The van der Waals surface area contributed by atoms with Crippen molar-refractivity contribution in [1.29, 1.82) is 0 Å². The molecule has 1 nitrogen and oxygen atoms in total. The largest absolute Gasteiger partial charge is 0.369 e. The van der Waals surface area contributed by atoms with E-state index in [9.17, 15) is 0 Å². The normalized spacial score (nSPS) is 15.1. The topological polar surface area (TPSA) is 3.24 Å². The summed E-state index contributed by atoms with van der Waals surface area (Å²) in [6.07, 6.45) is 5.75. The average Bonchev–Trinajstić information content (AvgIpc) is 2.43.